The van der Waals surface area contributed by atoms with E-state index in [1.54, 1.807) is 0 Å². The largest absolute Gasteiger partial charge is 0.377 e. The molecule has 0 aromatic heterocycles. The first-order valence-corrected chi connectivity index (χ1v) is 8.92. The highest BCUT2D eigenvalue weighted by molar-refractivity contribution is 4.88. The summed E-state index contributed by atoms with van der Waals surface area (Å²) >= 11 is 0. The summed E-state index contributed by atoms with van der Waals surface area (Å²) in [7, 11) is 2.24. The van der Waals surface area contributed by atoms with Gasteiger partial charge in [0.2, 0.25) is 0 Å². The van der Waals surface area contributed by atoms with Crippen LogP contribution in [-0.2, 0) is 4.74 Å². The van der Waals surface area contributed by atoms with Gasteiger partial charge in [-0.2, -0.15) is 0 Å². The molecule has 0 aromatic rings. The molecule has 1 saturated heterocycles. The third kappa shape index (κ3) is 5.22. The highest BCUT2D eigenvalue weighted by Gasteiger charge is 2.34. The number of nitrogens with zero attached hydrogens (tertiary/aromatic N) is 1. The zero-order valence-corrected chi connectivity index (χ0v) is 14.6. The first-order valence-electron chi connectivity index (χ1n) is 8.92. The predicted molar refractivity (Wildman–Crippen MR) is 89.3 cm³/mol. The summed E-state index contributed by atoms with van der Waals surface area (Å²) in [6.45, 7) is 10.3. The molecule has 2 fully saturated rings. The van der Waals surface area contributed by atoms with Gasteiger partial charge in [0.1, 0.15) is 0 Å². The molecule has 0 bridgehead atoms. The smallest absolute Gasteiger partial charge is 0.0701 e. The zero-order valence-electron chi connectivity index (χ0n) is 14.6. The highest BCUT2D eigenvalue weighted by Crippen LogP contribution is 2.40. The maximum Gasteiger partial charge on any atom is 0.0701 e. The Morgan fingerprint density at radius 1 is 1.10 bits per heavy atom. The van der Waals surface area contributed by atoms with Crippen molar-refractivity contribution in [1.29, 1.82) is 0 Å². The minimum absolute atomic E-state index is 0.387. The number of hydrogen-bond acceptors (Lipinski definition) is 3. The maximum absolute atomic E-state index is 6.41. The minimum Gasteiger partial charge on any atom is -0.377 e. The summed E-state index contributed by atoms with van der Waals surface area (Å²) in [5.74, 6) is 1.47. The van der Waals surface area contributed by atoms with Gasteiger partial charge in [-0.3, -0.25) is 0 Å². The zero-order chi connectivity index (χ0) is 15.5. The van der Waals surface area contributed by atoms with Crippen molar-refractivity contribution in [2.75, 3.05) is 26.7 Å². The van der Waals surface area contributed by atoms with Gasteiger partial charge in [0, 0.05) is 25.7 Å². The van der Waals surface area contributed by atoms with Gasteiger partial charge in [-0.15, -0.1) is 0 Å². The lowest BCUT2D eigenvalue weighted by atomic mass is 9.67. The van der Waals surface area contributed by atoms with E-state index in [0.29, 0.717) is 23.5 Å². The van der Waals surface area contributed by atoms with Crippen molar-refractivity contribution in [2.24, 2.45) is 23.0 Å². The lowest BCUT2D eigenvalue weighted by Crippen LogP contribution is -2.45. The Labute approximate surface area is 131 Å². The molecule has 4 atom stereocenters. The van der Waals surface area contributed by atoms with Gasteiger partial charge in [0.05, 0.1) is 6.10 Å². The van der Waals surface area contributed by atoms with Crippen LogP contribution in [0.5, 0.6) is 0 Å². The molecule has 3 heteroatoms. The average molecular weight is 296 g/mol. The van der Waals surface area contributed by atoms with Crippen molar-refractivity contribution in [3.63, 3.8) is 0 Å². The van der Waals surface area contributed by atoms with Crippen molar-refractivity contribution in [1.82, 2.24) is 4.90 Å². The van der Waals surface area contributed by atoms with E-state index in [1.807, 2.05) is 0 Å². The van der Waals surface area contributed by atoms with Gasteiger partial charge in [0.25, 0.3) is 0 Å². The molecule has 0 radical (unpaired) electrons. The fourth-order valence-corrected chi connectivity index (χ4v) is 4.06. The van der Waals surface area contributed by atoms with Crippen LogP contribution in [0.1, 0.15) is 59.3 Å². The monoisotopic (exact) mass is 296 g/mol. The minimum atomic E-state index is 0.387. The molecule has 1 aliphatic carbocycles. The third-order valence-corrected chi connectivity index (χ3v) is 5.60. The first kappa shape index (κ1) is 17.2. The van der Waals surface area contributed by atoms with Gasteiger partial charge in [-0.25, -0.2) is 0 Å². The first-order chi connectivity index (χ1) is 9.86. The molecule has 4 unspecified atom stereocenters. The number of ether oxygens (including phenoxy) is 1. The SMILES string of the molecule is CN(CC1CCCCO1)CC1CC(C(C)(C)C)CCC1N. The Balaban J connectivity index is 1.81. The van der Waals surface area contributed by atoms with Crippen LogP contribution >= 0.6 is 0 Å². The van der Waals surface area contributed by atoms with Crippen molar-refractivity contribution in [3.05, 3.63) is 0 Å². The maximum atomic E-state index is 6.41. The molecule has 1 aliphatic heterocycles. The fourth-order valence-electron chi connectivity index (χ4n) is 4.06. The second-order valence-electron chi connectivity index (χ2n) is 8.51. The van der Waals surface area contributed by atoms with E-state index in [-0.39, 0.29) is 0 Å². The molecule has 0 aromatic carbocycles. The van der Waals surface area contributed by atoms with Crippen molar-refractivity contribution >= 4 is 0 Å². The van der Waals surface area contributed by atoms with Gasteiger partial charge < -0.3 is 15.4 Å². The van der Waals surface area contributed by atoms with Crippen molar-refractivity contribution in [2.45, 2.75) is 71.4 Å². The molecular formula is C18H36N2O. The molecule has 1 saturated carbocycles. The molecule has 2 N–H and O–H groups in total. The summed E-state index contributed by atoms with van der Waals surface area (Å²) in [6.07, 6.45) is 8.03. The van der Waals surface area contributed by atoms with Gasteiger partial charge in [0.15, 0.2) is 0 Å². The molecule has 2 aliphatic rings. The molecule has 1 heterocycles. The Kier molecular flexibility index (Phi) is 6.10. The van der Waals surface area contributed by atoms with Crippen LogP contribution in [0.25, 0.3) is 0 Å². The molecule has 3 nitrogen and oxygen atoms in total. The molecule has 0 amide bonds. The van der Waals surface area contributed by atoms with Crippen molar-refractivity contribution in [3.8, 4) is 0 Å². The van der Waals surface area contributed by atoms with Crippen LogP contribution in [0.2, 0.25) is 0 Å². The van der Waals surface area contributed by atoms with E-state index >= 15 is 0 Å². The van der Waals surface area contributed by atoms with E-state index in [9.17, 15) is 0 Å². The summed E-state index contributed by atoms with van der Waals surface area (Å²) in [6, 6.07) is 0.387. The van der Waals surface area contributed by atoms with Gasteiger partial charge in [-0.1, -0.05) is 20.8 Å². The molecule has 124 valence electrons. The van der Waals surface area contributed by atoms with Crippen LogP contribution in [0.4, 0.5) is 0 Å². The topological polar surface area (TPSA) is 38.5 Å². The van der Waals surface area contributed by atoms with Crippen LogP contribution in [0.3, 0.4) is 0 Å². The van der Waals surface area contributed by atoms with Gasteiger partial charge >= 0.3 is 0 Å². The summed E-state index contributed by atoms with van der Waals surface area (Å²) < 4.78 is 5.87. The number of hydrogen-bond donors (Lipinski definition) is 1. The molecule has 21 heavy (non-hydrogen) atoms. The highest BCUT2D eigenvalue weighted by atomic mass is 16.5. The van der Waals surface area contributed by atoms with Crippen LogP contribution in [-0.4, -0.2) is 43.8 Å². The van der Waals surface area contributed by atoms with Crippen LogP contribution in [0.15, 0.2) is 0 Å². The van der Waals surface area contributed by atoms with E-state index < -0.39 is 0 Å². The normalized spacial score (nSPS) is 35.1. The number of nitrogens with two attached hydrogens (primary N) is 1. The predicted octanol–water partition coefficient (Wildman–Crippen LogP) is 3.28. The number of likely N-dealkylation sites (N-methyl/N-ethyl adjacent to an activating group) is 1. The van der Waals surface area contributed by atoms with Crippen LogP contribution in [0, 0.1) is 17.3 Å². The van der Waals surface area contributed by atoms with E-state index in [2.05, 4.69) is 32.7 Å². The standard InChI is InChI=1S/C18H36N2O/c1-18(2,3)15-8-9-17(19)14(11-15)12-20(4)13-16-7-5-6-10-21-16/h14-17H,5-13,19H2,1-4H3. The second-order valence-corrected chi connectivity index (χ2v) is 8.51. The Morgan fingerprint density at radius 2 is 1.86 bits per heavy atom. The molecular weight excluding hydrogens is 260 g/mol. The fraction of sp³-hybridized carbons (Fsp3) is 1.00. The molecule has 0 spiro atoms. The van der Waals surface area contributed by atoms with E-state index in [1.165, 1.54) is 38.5 Å². The van der Waals surface area contributed by atoms with E-state index in [4.69, 9.17) is 10.5 Å². The Bertz CT molecular complexity index is 307. The third-order valence-electron chi connectivity index (χ3n) is 5.60. The van der Waals surface area contributed by atoms with Gasteiger partial charge in [-0.05, 0) is 62.8 Å². The van der Waals surface area contributed by atoms with Crippen LogP contribution < -0.4 is 5.73 Å². The summed E-state index contributed by atoms with van der Waals surface area (Å²) in [4.78, 5) is 2.46. The average Bonchev–Trinajstić information content (AvgIpc) is 2.41. The Hall–Kier alpha value is -0.120. The molecule has 2 rings (SSSR count). The van der Waals surface area contributed by atoms with E-state index in [0.717, 1.165) is 25.6 Å². The summed E-state index contributed by atoms with van der Waals surface area (Å²) in [5, 5.41) is 0. The summed E-state index contributed by atoms with van der Waals surface area (Å²) in [5.41, 5.74) is 6.83. The van der Waals surface area contributed by atoms with Crippen molar-refractivity contribution < 1.29 is 4.74 Å². The quantitative estimate of drug-likeness (QED) is 0.865. The number of rotatable bonds is 4. The Morgan fingerprint density at radius 3 is 2.48 bits per heavy atom. The lowest BCUT2D eigenvalue weighted by Gasteiger charge is -2.42. The second kappa shape index (κ2) is 7.43. The lowest BCUT2D eigenvalue weighted by molar-refractivity contribution is -0.00660.